The fraction of sp³-hybridized carbons (Fsp3) is 0.778. The van der Waals surface area contributed by atoms with Gasteiger partial charge in [0, 0.05) is 11.2 Å². The van der Waals surface area contributed by atoms with Gasteiger partial charge in [-0.1, -0.05) is 20.8 Å². The zero-order chi connectivity index (χ0) is 10.5. The van der Waals surface area contributed by atoms with Crippen LogP contribution in [0.25, 0.3) is 0 Å². The van der Waals surface area contributed by atoms with Crippen molar-refractivity contribution in [1.29, 1.82) is 0 Å². The van der Waals surface area contributed by atoms with E-state index in [1.807, 2.05) is 6.92 Å². The molecule has 0 amide bonds. The molecule has 0 heterocycles. The average molecular weight is 204 g/mol. The van der Waals surface area contributed by atoms with E-state index in [4.69, 9.17) is 0 Å². The molecule has 0 spiro atoms. The zero-order valence-corrected chi connectivity index (χ0v) is 9.19. The van der Waals surface area contributed by atoms with Crippen LogP contribution >= 0.6 is 12.6 Å². The highest BCUT2D eigenvalue weighted by atomic mass is 32.1. The normalized spacial score (nSPS) is 11.1. The first-order valence-electron chi connectivity index (χ1n) is 4.31. The lowest BCUT2D eigenvalue weighted by Gasteiger charge is -2.14. The minimum Gasteiger partial charge on any atom is -0.393 e. The average Bonchev–Trinajstić information content (AvgIpc) is 1.81. The molecule has 0 aliphatic heterocycles. The van der Waals surface area contributed by atoms with Crippen molar-refractivity contribution >= 4 is 24.6 Å². The molecular formula is C9H16O3S. The van der Waals surface area contributed by atoms with Gasteiger partial charge < -0.3 is 4.74 Å². The highest BCUT2D eigenvalue weighted by Crippen LogP contribution is 2.17. The Balaban J connectivity index is 3.82. The quantitative estimate of drug-likeness (QED) is 0.432. The number of hydrogen-bond acceptors (Lipinski definition) is 4. The van der Waals surface area contributed by atoms with Gasteiger partial charge in [-0.25, -0.2) is 0 Å². The molecule has 0 saturated carbocycles. The summed E-state index contributed by atoms with van der Waals surface area (Å²) in [7, 11) is 0. The Morgan fingerprint density at radius 1 is 1.31 bits per heavy atom. The summed E-state index contributed by atoms with van der Waals surface area (Å²) in [4.78, 5) is 21.9. The maximum Gasteiger partial charge on any atom is 0.314 e. The molecule has 0 N–H and O–H groups in total. The molecule has 13 heavy (non-hydrogen) atoms. The lowest BCUT2D eigenvalue weighted by atomic mass is 10.1. The van der Waals surface area contributed by atoms with Crippen molar-refractivity contribution in [1.82, 2.24) is 0 Å². The molecule has 0 fully saturated rings. The number of thiol groups is 1. The van der Waals surface area contributed by atoms with Gasteiger partial charge in [0.15, 0.2) is 0 Å². The predicted octanol–water partition coefficient (Wildman–Crippen LogP) is 1.95. The summed E-state index contributed by atoms with van der Waals surface area (Å²) >= 11 is 4.16. The molecule has 76 valence electrons. The molecule has 0 unspecified atom stereocenters. The van der Waals surface area contributed by atoms with Gasteiger partial charge in [-0.05, 0) is 6.42 Å². The first-order chi connectivity index (χ1) is 5.85. The molecule has 0 aliphatic carbocycles. The van der Waals surface area contributed by atoms with Gasteiger partial charge in [0.25, 0.3) is 0 Å². The van der Waals surface area contributed by atoms with E-state index in [0.29, 0.717) is 12.8 Å². The lowest BCUT2D eigenvalue weighted by Crippen LogP contribution is -2.21. The molecule has 0 atom stereocenters. The molecule has 0 aromatic carbocycles. The maximum atomic E-state index is 11.1. The van der Waals surface area contributed by atoms with Crippen LogP contribution in [0.4, 0.5) is 0 Å². The summed E-state index contributed by atoms with van der Waals surface area (Å²) in [6, 6.07) is 0. The number of carbonyl (C=O) groups excluding carboxylic acids is 2. The van der Waals surface area contributed by atoms with Gasteiger partial charge in [-0.3, -0.25) is 9.59 Å². The highest BCUT2D eigenvalue weighted by Gasteiger charge is 2.19. The molecule has 0 rings (SSSR count). The lowest BCUT2D eigenvalue weighted by molar-refractivity contribution is -0.159. The van der Waals surface area contributed by atoms with Crippen LogP contribution in [-0.4, -0.2) is 16.7 Å². The molecule has 0 radical (unpaired) electrons. The predicted molar refractivity (Wildman–Crippen MR) is 53.7 cm³/mol. The summed E-state index contributed by atoms with van der Waals surface area (Å²) in [5, 5.41) is 0. The Morgan fingerprint density at radius 3 is 2.23 bits per heavy atom. The molecule has 4 heteroatoms. The summed E-state index contributed by atoms with van der Waals surface area (Å²) in [6.07, 6.45) is 1.13. The molecule has 3 nitrogen and oxygen atoms in total. The van der Waals surface area contributed by atoms with E-state index < -0.39 is 16.7 Å². The minimum atomic E-state index is -0.501. The Morgan fingerprint density at radius 2 is 1.85 bits per heavy atom. The van der Waals surface area contributed by atoms with E-state index >= 15 is 0 Å². The topological polar surface area (TPSA) is 43.4 Å². The van der Waals surface area contributed by atoms with E-state index in [0.717, 1.165) is 0 Å². The van der Waals surface area contributed by atoms with E-state index in [1.54, 1.807) is 13.8 Å². The second-order valence-electron chi connectivity index (χ2n) is 3.59. The van der Waals surface area contributed by atoms with Crippen LogP contribution in [0.15, 0.2) is 0 Å². The van der Waals surface area contributed by atoms with Crippen LogP contribution in [0.1, 0.15) is 40.0 Å². The van der Waals surface area contributed by atoms with E-state index in [-0.39, 0.29) is 6.42 Å². The standard InChI is InChI=1S/C9H16O3S/c1-4-5-7(10)12-8(11)6-9(2,3)13/h13H,4-6H2,1-3H3. The van der Waals surface area contributed by atoms with Crippen molar-refractivity contribution in [2.24, 2.45) is 0 Å². The number of hydrogen-bond donors (Lipinski definition) is 1. The maximum absolute atomic E-state index is 11.1. The third-order valence-corrected chi connectivity index (χ3v) is 1.42. The van der Waals surface area contributed by atoms with Gasteiger partial charge in [0.2, 0.25) is 0 Å². The van der Waals surface area contributed by atoms with Gasteiger partial charge in [-0.15, -0.1) is 0 Å². The largest absolute Gasteiger partial charge is 0.393 e. The zero-order valence-electron chi connectivity index (χ0n) is 8.29. The highest BCUT2D eigenvalue weighted by molar-refractivity contribution is 7.81. The molecule has 0 bridgehead atoms. The molecular weight excluding hydrogens is 188 g/mol. The van der Waals surface area contributed by atoms with E-state index in [2.05, 4.69) is 17.4 Å². The fourth-order valence-corrected chi connectivity index (χ4v) is 0.901. The fourth-order valence-electron chi connectivity index (χ4n) is 0.771. The van der Waals surface area contributed by atoms with Crippen molar-refractivity contribution in [3.8, 4) is 0 Å². The number of esters is 2. The summed E-state index contributed by atoms with van der Waals surface area (Å²) in [6.45, 7) is 5.44. The van der Waals surface area contributed by atoms with Crippen molar-refractivity contribution in [3.63, 3.8) is 0 Å². The molecule has 0 aliphatic rings. The van der Waals surface area contributed by atoms with Gasteiger partial charge in [0.1, 0.15) is 0 Å². The van der Waals surface area contributed by atoms with Crippen LogP contribution in [0.2, 0.25) is 0 Å². The van der Waals surface area contributed by atoms with Crippen LogP contribution in [0.3, 0.4) is 0 Å². The Kier molecular flexibility index (Phi) is 5.06. The summed E-state index contributed by atoms with van der Waals surface area (Å²) < 4.78 is 4.11. The van der Waals surface area contributed by atoms with Crippen LogP contribution in [0.5, 0.6) is 0 Å². The third kappa shape index (κ3) is 7.84. The van der Waals surface area contributed by atoms with E-state index in [9.17, 15) is 9.59 Å². The van der Waals surface area contributed by atoms with E-state index in [1.165, 1.54) is 0 Å². The van der Waals surface area contributed by atoms with Crippen molar-refractivity contribution in [2.45, 2.75) is 44.8 Å². The van der Waals surface area contributed by atoms with Gasteiger partial charge >= 0.3 is 11.9 Å². The minimum absolute atomic E-state index is 0.144. The van der Waals surface area contributed by atoms with Crippen LogP contribution in [0, 0.1) is 0 Å². The number of carbonyl (C=O) groups is 2. The van der Waals surface area contributed by atoms with Crippen LogP contribution in [-0.2, 0) is 14.3 Å². The summed E-state index contributed by atoms with van der Waals surface area (Å²) in [5.41, 5.74) is 0. The molecule has 0 aromatic rings. The summed E-state index contributed by atoms with van der Waals surface area (Å²) in [5.74, 6) is -0.955. The SMILES string of the molecule is CCCC(=O)OC(=O)CC(C)(C)S. The second-order valence-corrected chi connectivity index (χ2v) is 4.80. The third-order valence-electron chi connectivity index (χ3n) is 1.26. The molecule has 0 saturated heterocycles. The monoisotopic (exact) mass is 204 g/mol. The first-order valence-corrected chi connectivity index (χ1v) is 4.76. The number of ether oxygens (including phenoxy) is 1. The van der Waals surface area contributed by atoms with Crippen molar-refractivity contribution in [2.75, 3.05) is 0 Å². The Bertz CT molecular complexity index is 194. The Labute approximate surface area is 84.3 Å². The molecule has 0 aromatic heterocycles. The van der Waals surface area contributed by atoms with Gasteiger partial charge in [0.05, 0.1) is 6.42 Å². The van der Waals surface area contributed by atoms with Crippen molar-refractivity contribution < 1.29 is 14.3 Å². The Hall–Kier alpha value is -0.510. The van der Waals surface area contributed by atoms with Gasteiger partial charge in [-0.2, -0.15) is 12.6 Å². The first kappa shape index (κ1) is 12.5. The van der Waals surface area contributed by atoms with Crippen molar-refractivity contribution in [3.05, 3.63) is 0 Å². The number of rotatable bonds is 4. The second kappa shape index (κ2) is 5.27. The van der Waals surface area contributed by atoms with Crippen LogP contribution < -0.4 is 0 Å². The smallest absolute Gasteiger partial charge is 0.314 e.